The van der Waals surface area contributed by atoms with Gasteiger partial charge < -0.3 is 10.4 Å². The van der Waals surface area contributed by atoms with Crippen molar-refractivity contribution in [2.24, 2.45) is 5.92 Å². The molecule has 1 saturated carbocycles. The molecular formula is C14H18N2O4S. The predicted octanol–water partition coefficient (Wildman–Crippen LogP) is 0.791. The fourth-order valence-corrected chi connectivity index (χ4v) is 3.57. The van der Waals surface area contributed by atoms with Crippen LogP contribution < -0.4 is 10.0 Å². The number of carbonyl (C=O) groups excluding carboxylic acids is 1. The Labute approximate surface area is 123 Å². The first-order valence-corrected chi connectivity index (χ1v) is 8.49. The number of rotatable bonds is 5. The van der Waals surface area contributed by atoms with Crippen molar-refractivity contribution in [2.45, 2.75) is 36.7 Å². The normalized spacial score (nSPS) is 22.8. The van der Waals surface area contributed by atoms with Crippen LogP contribution in [0, 0.1) is 5.92 Å². The summed E-state index contributed by atoms with van der Waals surface area (Å²) in [6.45, 7) is 1.76. The number of nitrogens with one attached hydrogen (secondary N) is 2. The first-order chi connectivity index (χ1) is 9.88. The third-order valence-electron chi connectivity index (χ3n) is 4.10. The van der Waals surface area contributed by atoms with Crippen LogP contribution in [0.25, 0.3) is 0 Å². The number of hydrogen-bond donors (Lipinski definition) is 3. The molecule has 3 rings (SSSR count). The largest absolute Gasteiger partial charge is 0.391 e. The Bertz CT molecular complexity index is 682. The molecule has 0 saturated heterocycles. The highest BCUT2D eigenvalue weighted by molar-refractivity contribution is 7.89. The second-order valence-corrected chi connectivity index (χ2v) is 7.48. The van der Waals surface area contributed by atoms with Gasteiger partial charge in [0.2, 0.25) is 15.9 Å². The van der Waals surface area contributed by atoms with Crippen LogP contribution in [0.5, 0.6) is 0 Å². The standard InChI is InChI=1S/C14H18N2O4S/c1-8-11-6-10(4-5-12(11)16-14(8)18)21(19,20)15-7-13(17)9-2-3-9/h4-6,8-9,13,15,17H,2-3,7H2,1H3,(H,16,18). The smallest absolute Gasteiger partial charge is 0.240 e. The molecule has 0 bridgehead atoms. The molecule has 114 valence electrons. The van der Waals surface area contributed by atoms with Gasteiger partial charge in [-0.25, -0.2) is 13.1 Å². The van der Waals surface area contributed by atoms with Crippen LogP contribution in [-0.2, 0) is 14.8 Å². The average Bonchev–Trinajstić information content (AvgIpc) is 3.25. The van der Waals surface area contributed by atoms with E-state index in [-0.39, 0.29) is 29.2 Å². The predicted molar refractivity (Wildman–Crippen MR) is 77.4 cm³/mol. The molecule has 3 N–H and O–H groups in total. The fraction of sp³-hybridized carbons (Fsp3) is 0.500. The van der Waals surface area contributed by atoms with Crippen LogP contribution in [0.15, 0.2) is 23.1 Å². The Morgan fingerprint density at radius 2 is 2.14 bits per heavy atom. The minimum atomic E-state index is -3.67. The molecule has 0 radical (unpaired) electrons. The van der Waals surface area contributed by atoms with Gasteiger partial charge in [-0.1, -0.05) is 0 Å². The van der Waals surface area contributed by atoms with Crippen LogP contribution in [0.4, 0.5) is 5.69 Å². The summed E-state index contributed by atoms with van der Waals surface area (Å²) < 4.78 is 26.9. The van der Waals surface area contributed by atoms with E-state index < -0.39 is 16.1 Å². The van der Waals surface area contributed by atoms with Crippen LogP contribution >= 0.6 is 0 Å². The summed E-state index contributed by atoms with van der Waals surface area (Å²) in [5, 5.41) is 12.5. The molecule has 1 heterocycles. The zero-order valence-corrected chi connectivity index (χ0v) is 12.5. The molecule has 2 unspecified atom stereocenters. The number of fused-ring (bicyclic) bond motifs is 1. The number of aliphatic hydroxyl groups is 1. The number of benzene rings is 1. The minimum Gasteiger partial charge on any atom is -0.391 e. The zero-order valence-electron chi connectivity index (χ0n) is 11.7. The van der Waals surface area contributed by atoms with Crippen molar-refractivity contribution in [3.05, 3.63) is 23.8 Å². The Balaban J connectivity index is 1.78. The number of aliphatic hydroxyl groups excluding tert-OH is 1. The lowest BCUT2D eigenvalue weighted by molar-refractivity contribution is -0.116. The van der Waals surface area contributed by atoms with Crippen molar-refractivity contribution in [3.8, 4) is 0 Å². The summed E-state index contributed by atoms with van der Waals surface area (Å²) in [7, 11) is -3.67. The van der Waals surface area contributed by atoms with Gasteiger partial charge in [0.15, 0.2) is 0 Å². The second-order valence-electron chi connectivity index (χ2n) is 5.72. The maximum absolute atomic E-state index is 12.2. The Morgan fingerprint density at radius 1 is 1.43 bits per heavy atom. The summed E-state index contributed by atoms with van der Waals surface area (Å²) in [4.78, 5) is 11.7. The quantitative estimate of drug-likeness (QED) is 0.749. The first kappa shape index (κ1) is 14.5. The third kappa shape index (κ3) is 2.81. The number of carbonyl (C=O) groups is 1. The molecule has 1 fully saturated rings. The van der Waals surface area contributed by atoms with Crippen molar-refractivity contribution < 1.29 is 18.3 Å². The maximum atomic E-state index is 12.2. The molecular weight excluding hydrogens is 292 g/mol. The van der Waals surface area contributed by atoms with E-state index in [1.165, 1.54) is 12.1 Å². The van der Waals surface area contributed by atoms with E-state index in [1.807, 2.05) is 0 Å². The van der Waals surface area contributed by atoms with Gasteiger partial charge in [-0.05, 0) is 49.4 Å². The lowest BCUT2D eigenvalue weighted by Crippen LogP contribution is -2.33. The molecule has 6 nitrogen and oxygen atoms in total. The van der Waals surface area contributed by atoms with Gasteiger partial charge in [-0.2, -0.15) is 0 Å². The Morgan fingerprint density at radius 3 is 2.81 bits per heavy atom. The van der Waals surface area contributed by atoms with Gasteiger partial charge in [0.25, 0.3) is 0 Å². The number of anilines is 1. The molecule has 1 aliphatic carbocycles. The summed E-state index contributed by atoms with van der Waals surface area (Å²) in [5.41, 5.74) is 1.34. The fourth-order valence-electron chi connectivity index (χ4n) is 2.49. The van der Waals surface area contributed by atoms with Crippen LogP contribution in [-0.4, -0.2) is 32.1 Å². The van der Waals surface area contributed by atoms with E-state index >= 15 is 0 Å². The van der Waals surface area contributed by atoms with Crippen molar-refractivity contribution in [1.29, 1.82) is 0 Å². The Hall–Kier alpha value is -1.44. The molecule has 21 heavy (non-hydrogen) atoms. The zero-order chi connectivity index (χ0) is 15.2. The van der Waals surface area contributed by atoms with Gasteiger partial charge in [0, 0.05) is 12.2 Å². The van der Waals surface area contributed by atoms with Crippen LogP contribution in [0.1, 0.15) is 31.2 Å². The molecule has 0 spiro atoms. The second kappa shape index (κ2) is 5.08. The van der Waals surface area contributed by atoms with E-state index in [0.29, 0.717) is 11.3 Å². The van der Waals surface area contributed by atoms with Gasteiger partial charge in [0.1, 0.15) is 0 Å². The van der Waals surface area contributed by atoms with Gasteiger partial charge >= 0.3 is 0 Å². The lowest BCUT2D eigenvalue weighted by Gasteiger charge is -2.12. The summed E-state index contributed by atoms with van der Waals surface area (Å²) >= 11 is 0. The van der Waals surface area contributed by atoms with Crippen molar-refractivity contribution in [3.63, 3.8) is 0 Å². The number of sulfonamides is 1. The van der Waals surface area contributed by atoms with E-state index in [0.717, 1.165) is 12.8 Å². The molecule has 1 aromatic carbocycles. The number of hydrogen-bond acceptors (Lipinski definition) is 4. The van der Waals surface area contributed by atoms with E-state index in [1.54, 1.807) is 13.0 Å². The molecule has 1 amide bonds. The maximum Gasteiger partial charge on any atom is 0.240 e. The monoisotopic (exact) mass is 310 g/mol. The van der Waals surface area contributed by atoms with E-state index in [2.05, 4.69) is 10.0 Å². The highest BCUT2D eigenvalue weighted by Crippen LogP contribution is 2.34. The highest BCUT2D eigenvalue weighted by Gasteiger charge is 2.31. The lowest BCUT2D eigenvalue weighted by atomic mass is 10.0. The van der Waals surface area contributed by atoms with E-state index in [9.17, 15) is 18.3 Å². The van der Waals surface area contributed by atoms with Crippen molar-refractivity contribution in [2.75, 3.05) is 11.9 Å². The molecule has 2 atom stereocenters. The van der Waals surface area contributed by atoms with E-state index in [4.69, 9.17) is 0 Å². The Kier molecular flexibility index (Phi) is 3.51. The van der Waals surface area contributed by atoms with Crippen molar-refractivity contribution in [1.82, 2.24) is 4.72 Å². The number of amides is 1. The molecule has 7 heteroatoms. The van der Waals surface area contributed by atoms with Crippen LogP contribution in [0.2, 0.25) is 0 Å². The summed E-state index contributed by atoms with van der Waals surface area (Å²) in [6, 6.07) is 4.58. The molecule has 0 aromatic heterocycles. The van der Waals surface area contributed by atoms with Gasteiger partial charge in [-0.3, -0.25) is 4.79 Å². The topological polar surface area (TPSA) is 95.5 Å². The molecule has 1 aliphatic heterocycles. The highest BCUT2D eigenvalue weighted by atomic mass is 32.2. The third-order valence-corrected chi connectivity index (χ3v) is 5.52. The van der Waals surface area contributed by atoms with Gasteiger partial charge in [0.05, 0.1) is 16.9 Å². The molecule has 1 aromatic rings. The van der Waals surface area contributed by atoms with Crippen molar-refractivity contribution >= 4 is 21.6 Å². The SMILES string of the molecule is CC1C(=O)Nc2ccc(S(=O)(=O)NCC(O)C3CC3)cc21. The van der Waals surface area contributed by atoms with Crippen LogP contribution in [0.3, 0.4) is 0 Å². The molecule has 2 aliphatic rings. The van der Waals surface area contributed by atoms with Gasteiger partial charge in [-0.15, -0.1) is 0 Å². The average molecular weight is 310 g/mol. The summed E-state index contributed by atoms with van der Waals surface area (Å²) in [6.07, 6.45) is 1.27. The minimum absolute atomic E-state index is 0.0246. The first-order valence-electron chi connectivity index (χ1n) is 7.01. The summed E-state index contributed by atoms with van der Waals surface area (Å²) in [5.74, 6) is -0.265.